The van der Waals surface area contributed by atoms with Gasteiger partial charge in [0.2, 0.25) is 5.91 Å². The zero-order valence-corrected chi connectivity index (χ0v) is 12.3. The summed E-state index contributed by atoms with van der Waals surface area (Å²) in [4.78, 5) is 12.1. The second-order valence-electron chi connectivity index (χ2n) is 4.77. The summed E-state index contributed by atoms with van der Waals surface area (Å²) in [7, 11) is 1.61. The van der Waals surface area contributed by atoms with E-state index in [0.717, 1.165) is 17.0 Å². The molecule has 0 aromatic heterocycles. The molecule has 21 heavy (non-hydrogen) atoms. The van der Waals surface area contributed by atoms with E-state index in [2.05, 4.69) is 10.6 Å². The monoisotopic (exact) mass is 284 g/mol. The number of ether oxygens (including phenoxy) is 1. The largest absolute Gasteiger partial charge is 0.495 e. The van der Waals surface area contributed by atoms with Crippen molar-refractivity contribution in [3.8, 4) is 5.75 Å². The van der Waals surface area contributed by atoms with Gasteiger partial charge in [0, 0.05) is 6.54 Å². The van der Waals surface area contributed by atoms with Crippen LogP contribution in [0.5, 0.6) is 5.75 Å². The van der Waals surface area contributed by atoms with Crippen molar-refractivity contribution in [3.63, 3.8) is 0 Å². The molecule has 2 aromatic carbocycles. The molecule has 1 amide bonds. The molecule has 110 valence electrons. The Labute approximate surface area is 125 Å². The van der Waals surface area contributed by atoms with Crippen LogP contribution >= 0.6 is 0 Å². The maximum Gasteiger partial charge on any atom is 0.242 e. The Kier molecular flexibility index (Phi) is 5.21. The highest BCUT2D eigenvalue weighted by Crippen LogP contribution is 2.23. The zero-order chi connectivity index (χ0) is 15.1. The van der Waals surface area contributed by atoms with Crippen LogP contribution in [0, 0.1) is 0 Å². The number of methoxy groups -OCH3 is 1. The molecule has 2 aromatic rings. The van der Waals surface area contributed by atoms with Crippen LogP contribution in [0.25, 0.3) is 0 Å². The summed E-state index contributed by atoms with van der Waals surface area (Å²) in [6.07, 6.45) is 0. The summed E-state index contributed by atoms with van der Waals surface area (Å²) in [5.74, 6) is 0.671. The van der Waals surface area contributed by atoms with E-state index in [9.17, 15) is 4.79 Å². The van der Waals surface area contributed by atoms with Gasteiger partial charge in [0.15, 0.2) is 0 Å². The molecule has 0 radical (unpaired) electrons. The predicted octanol–water partition coefficient (Wildman–Crippen LogP) is 2.81. The molecule has 2 N–H and O–H groups in total. The fraction of sp³-hybridized carbons (Fsp3) is 0.235. The first-order valence-corrected chi connectivity index (χ1v) is 6.92. The first kappa shape index (κ1) is 14.9. The highest BCUT2D eigenvalue weighted by molar-refractivity contribution is 5.84. The van der Waals surface area contributed by atoms with E-state index < -0.39 is 0 Å². The van der Waals surface area contributed by atoms with Crippen LogP contribution in [0.4, 0.5) is 5.69 Å². The summed E-state index contributed by atoms with van der Waals surface area (Å²) < 4.78 is 5.26. The second kappa shape index (κ2) is 7.33. The zero-order valence-electron chi connectivity index (χ0n) is 12.3. The molecule has 0 saturated heterocycles. The van der Waals surface area contributed by atoms with Gasteiger partial charge in [-0.3, -0.25) is 4.79 Å². The highest BCUT2D eigenvalue weighted by Gasteiger charge is 2.13. The maximum absolute atomic E-state index is 12.1. The van der Waals surface area contributed by atoms with E-state index in [-0.39, 0.29) is 11.9 Å². The fourth-order valence-electron chi connectivity index (χ4n) is 2.00. The second-order valence-corrected chi connectivity index (χ2v) is 4.77. The van der Waals surface area contributed by atoms with Crippen LogP contribution in [-0.2, 0) is 11.3 Å². The summed E-state index contributed by atoms with van der Waals surface area (Å²) in [6.45, 7) is 2.35. The Morgan fingerprint density at radius 1 is 1.10 bits per heavy atom. The van der Waals surface area contributed by atoms with Gasteiger partial charge in [-0.1, -0.05) is 42.5 Å². The average molecular weight is 284 g/mol. The highest BCUT2D eigenvalue weighted by atomic mass is 16.5. The number of amides is 1. The van der Waals surface area contributed by atoms with E-state index in [4.69, 9.17) is 4.74 Å². The van der Waals surface area contributed by atoms with Crippen LogP contribution in [-0.4, -0.2) is 19.1 Å². The number of anilines is 1. The molecule has 0 heterocycles. The van der Waals surface area contributed by atoms with Crippen LogP contribution in [0.3, 0.4) is 0 Å². The number of carbonyl (C=O) groups excluding carboxylic acids is 1. The van der Waals surface area contributed by atoms with Gasteiger partial charge in [-0.25, -0.2) is 0 Å². The van der Waals surface area contributed by atoms with Gasteiger partial charge in [0.1, 0.15) is 11.8 Å². The van der Waals surface area contributed by atoms with Gasteiger partial charge in [-0.2, -0.15) is 0 Å². The van der Waals surface area contributed by atoms with Gasteiger partial charge in [-0.15, -0.1) is 0 Å². The molecule has 0 aliphatic rings. The molecule has 0 aliphatic carbocycles. The van der Waals surface area contributed by atoms with Crippen molar-refractivity contribution in [2.75, 3.05) is 12.4 Å². The normalized spacial score (nSPS) is 11.5. The van der Waals surface area contributed by atoms with Crippen molar-refractivity contribution >= 4 is 11.6 Å². The van der Waals surface area contributed by atoms with Gasteiger partial charge >= 0.3 is 0 Å². The number of rotatable bonds is 6. The summed E-state index contributed by atoms with van der Waals surface area (Å²) in [5, 5.41) is 6.07. The van der Waals surface area contributed by atoms with E-state index >= 15 is 0 Å². The standard InChI is InChI=1S/C17H20N2O2/c1-13(19-15-10-6-7-11-16(15)21-2)17(20)18-12-14-8-4-3-5-9-14/h3-11,13,19H,12H2,1-2H3,(H,18,20). The smallest absolute Gasteiger partial charge is 0.242 e. The van der Waals surface area contributed by atoms with Crippen molar-refractivity contribution in [1.82, 2.24) is 5.32 Å². The van der Waals surface area contributed by atoms with E-state index in [1.165, 1.54) is 0 Å². The van der Waals surface area contributed by atoms with Crippen LogP contribution in [0.15, 0.2) is 54.6 Å². The lowest BCUT2D eigenvalue weighted by Gasteiger charge is -2.17. The van der Waals surface area contributed by atoms with Gasteiger partial charge in [0.05, 0.1) is 12.8 Å². The number of benzene rings is 2. The summed E-state index contributed by atoms with van der Waals surface area (Å²) >= 11 is 0. The third-order valence-electron chi connectivity index (χ3n) is 3.18. The van der Waals surface area contributed by atoms with Crippen molar-refractivity contribution in [2.45, 2.75) is 19.5 Å². The van der Waals surface area contributed by atoms with Crippen LogP contribution in [0.1, 0.15) is 12.5 Å². The molecule has 0 spiro atoms. The quantitative estimate of drug-likeness (QED) is 0.857. The number of para-hydroxylation sites is 2. The van der Waals surface area contributed by atoms with Crippen molar-refractivity contribution in [3.05, 3.63) is 60.2 Å². The number of hydrogen-bond donors (Lipinski definition) is 2. The van der Waals surface area contributed by atoms with E-state index in [0.29, 0.717) is 6.54 Å². The lowest BCUT2D eigenvalue weighted by Crippen LogP contribution is -2.37. The van der Waals surface area contributed by atoms with Gasteiger partial charge in [0.25, 0.3) is 0 Å². The molecule has 4 nitrogen and oxygen atoms in total. The maximum atomic E-state index is 12.1. The third kappa shape index (κ3) is 4.24. The average Bonchev–Trinajstić information content (AvgIpc) is 2.54. The lowest BCUT2D eigenvalue weighted by molar-refractivity contribution is -0.121. The molecule has 4 heteroatoms. The van der Waals surface area contributed by atoms with Gasteiger partial charge in [-0.05, 0) is 24.6 Å². The molecular weight excluding hydrogens is 264 g/mol. The Hall–Kier alpha value is -2.49. The Morgan fingerprint density at radius 3 is 2.48 bits per heavy atom. The molecule has 0 fully saturated rings. The predicted molar refractivity (Wildman–Crippen MR) is 84.4 cm³/mol. The molecule has 0 aliphatic heterocycles. The molecular formula is C17H20N2O2. The van der Waals surface area contributed by atoms with E-state index in [1.807, 2.05) is 61.5 Å². The van der Waals surface area contributed by atoms with E-state index in [1.54, 1.807) is 7.11 Å². The first-order chi connectivity index (χ1) is 10.2. The van der Waals surface area contributed by atoms with Crippen molar-refractivity contribution < 1.29 is 9.53 Å². The molecule has 1 atom stereocenters. The molecule has 0 bridgehead atoms. The Balaban J connectivity index is 1.90. The molecule has 1 unspecified atom stereocenters. The topological polar surface area (TPSA) is 50.4 Å². The summed E-state index contributed by atoms with van der Waals surface area (Å²) in [5.41, 5.74) is 1.89. The fourth-order valence-corrected chi connectivity index (χ4v) is 2.00. The number of hydrogen-bond acceptors (Lipinski definition) is 3. The Morgan fingerprint density at radius 2 is 1.76 bits per heavy atom. The summed E-state index contributed by atoms with van der Waals surface area (Å²) in [6, 6.07) is 17.0. The number of carbonyl (C=O) groups is 1. The van der Waals surface area contributed by atoms with Gasteiger partial charge < -0.3 is 15.4 Å². The third-order valence-corrected chi connectivity index (χ3v) is 3.18. The molecule has 2 rings (SSSR count). The minimum atomic E-state index is -0.343. The Bertz CT molecular complexity index is 584. The number of nitrogens with one attached hydrogen (secondary N) is 2. The minimum Gasteiger partial charge on any atom is -0.495 e. The lowest BCUT2D eigenvalue weighted by atomic mass is 10.2. The minimum absolute atomic E-state index is 0.0511. The van der Waals surface area contributed by atoms with Crippen LogP contribution in [0.2, 0.25) is 0 Å². The van der Waals surface area contributed by atoms with Crippen molar-refractivity contribution in [2.24, 2.45) is 0 Å². The SMILES string of the molecule is COc1ccccc1NC(C)C(=O)NCc1ccccc1. The first-order valence-electron chi connectivity index (χ1n) is 6.92. The van der Waals surface area contributed by atoms with Crippen molar-refractivity contribution in [1.29, 1.82) is 0 Å². The van der Waals surface area contributed by atoms with Crippen LogP contribution < -0.4 is 15.4 Å². The molecule has 0 saturated carbocycles.